The molecule has 5 rings (SSSR count). The molecule has 0 amide bonds. The number of anilines is 2. The minimum absolute atomic E-state index is 0.147. The zero-order valence-electron chi connectivity index (χ0n) is 16.9. The Morgan fingerprint density at radius 3 is 2.87 bits per heavy atom. The number of nitrogens with one attached hydrogen (secondary N) is 1. The second-order valence-electron chi connectivity index (χ2n) is 8.22. The average molecular weight is 409 g/mol. The van der Waals surface area contributed by atoms with Crippen LogP contribution in [0.3, 0.4) is 0 Å². The summed E-state index contributed by atoms with van der Waals surface area (Å²) in [6, 6.07) is 9.24. The van der Waals surface area contributed by atoms with Gasteiger partial charge in [-0.05, 0) is 56.7 Å². The maximum Gasteiger partial charge on any atom is 0.267 e. The third-order valence-corrected chi connectivity index (χ3v) is 6.30. The summed E-state index contributed by atoms with van der Waals surface area (Å²) in [6.45, 7) is 1.61. The monoisotopic (exact) mass is 409 g/mol. The molecule has 1 aliphatic carbocycles. The number of rotatable bonds is 5. The van der Waals surface area contributed by atoms with E-state index in [2.05, 4.69) is 25.5 Å². The lowest BCUT2D eigenvalue weighted by Gasteiger charge is -2.37. The summed E-state index contributed by atoms with van der Waals surface area (Å²) in [5, 5.41) is 26.8. The van der Waals surface area contributed by atoms with Crippen molar-refractivity contribution in [2.75, 3.05) is 23.3 Å². The number of aliphatic hydroxyl groups is 1. The van der Waals surface area contributed by atoms with Crippen molar-refractivity contribution < 1.29 is 5.11 Å². The van der Waals surface area contributed by atoms with Gasteiger partial charge in [0.05, 0.1) is 12.1 Å². The van der Waals surface area contributed by atoms with Crippen LogP contribution in [0, 0.1) is 0 Å². The van der Waals surface area contributed by atoms with Crippen molar-refractivity contribution in [2.24, 2.45) is 0 Å². The van der Waals surface area contributed by atoms with E-state index in [1.807, 2.05) is 34.9 Å². The van der Waals surface area contributed by atoms with Crippen LogP contribution in [0.1, 0.15) is 44.6 Å². The summed E-state index contributed by atoms with van der Waals surface area (Å²) in [7, 11) is 0. The van der Waals surface area contributed by atoms with Gasteiger partial charge in [0.15, 0.2) is 5.65 Å². The highest BCUT2D eigenvalue weighted by molar-refractivity contribution is 5.45. The third-order valence-electron chi connectivity index (χ3n) is 6.30. The highest BCUT2D eigenvalue weighted by atomic mass is 16.3. The number of aromatic nitrogens is 5. The zero-order valence-corrected chi connectivity index (χ0v) is 16.9. The van der Waals surface area contributed by atoms with E-state index in [4.69, 9.17) is 0 Å². The van der Waals surface area contributed by atoms with Gasteiger partial charge in [0.2, 0.25) is 5.95 Å². The quantitative estimate of drug-likeness (QED) is 0.663. The van der Waals surface area contributed by atoms with Crippen molar-refractivity contribution in [3.05, 3.63) is 46.9 Å². The van der Waals surface area contributed by atoms with Gasteiger partial charge in [0.25, 0.3) is 5.56 Å². The highest BCUT2D eigenvalue weighted by Gasteiger charge is 2.30. The molecule has 2 N–H and O–H groups in total. The number of hydrogen-bond acceptors (Lipinski definition) is 7. The van der Waals surface area contributed by atoms with Crippen LogP contribution in [0.25, 0.3) is 5.65 Å². The lowest BCUT2D eigenvalue weighted by Crippen LogP contribution is -2.45. The predicted octanol–water partition coefficient (Wildman–Crippen LogP) is 1.84. The Bertz CT molecular complexity index is 1080. The van der Waals surface area contributed by atoms with Crippen molar-refractivity contribution in [2.45, 2.75) is 56.7 Å². The Labute approximate surface area is 174 Å². The SMILES string of the molecule is O=c1ccc(N2CCCCC2CNc2nnc3ccccn23)nn1C1CCCC1O. The number of aliphatic hydroxyl groups excluding tert-OH is 1. The first-order valence-corrected chi connectivity index (χ1v) is 10.8. The molecule has 3 aromatic rings. The average Bonchev–Trinajstić information content (AvgIpc) is 3.39. The van der Waals surface area contributed by atoms with Gasteiger partial charge in [0, 0.05) is 31.4 Å². The van der Waals surface area contributed by atoms with Gasteiger partial charge in [-0.1, -0.05) is 6.07 Å². The van der Waals surface area contributed by atoms with Crippen molar-refractivity contribution in [3.63, 3.8) is 0 Å². The molecule has 0 aromatic carbocycles. The molecule has 1 saturated carbocycles. The predicted molar refractivity (Wildman–Crippen MR) is 114 cm³/mol. The number of piperidine rings is 1. The molecule has 158 valence electrons. The van der Waals surface area contributed by atoms with Crippen LogP contribution >= 0.6 is 0 Å². The molecule has 3 aromatic heterocycles. The summed E-state index contributed by atoms with van der Waals surface area (Å²) >= 11 is 0. The zero-order chi connectivity index (χ0) is 20.5. The fraction of sp³-hybridized carbons (Fsp3) is 0.524. The Hall–Kier alpha value is -2.94. The molecule has 1 saturated heterocycles. The standard InChI is InChI=1S/C21H27N7O2/c29-17-8-5-7-16(17)28-20(30)11-10-19(25-28)26-12-3-1-6-15(26)14-22-21-24-23-18-9-2-4-13-27(18)21/h2,4,9-11,13,15-17,29H,1,3,5-8,12,14H2,(H,22,24). The molecule has 3 unspecified atom stereocenters. The topological polar surface area (TPSA) is 101 Å². The molecule has 4 heterocycles. The number of fused-ring (bicyclic) bond motifs is 1. The molecule has 0 radical (unpaired) electrons. The smallest absolute Gasteiger partial charge is 0.267 e. The maximum absolute atomic E-state index is 12.4. The molecule has 9 nitrogen and oxygen atoms in total. The van der Waals surface area contributed by atoms with Crippen molar-refractivity contribution in [1.82, 2.24) is 24.4 Å². The van der Waals surface area contributed by atoms with E-state index in [0.29, 0.717) is 6.54 Å². The van der Waals surface area contributed by atoms with E-state index in [1.54, 1.807) is 6.07 Å². The molecule has 1 aliphatic heterocycles. The molecule has 3 atom stereocenters. The largest absolute Gasteiger partial charge is 0.391 e. The first kappa shape index (κ1) is 19.0. The van der Waals surface area contributed by atoms with Gasteiger partial charge in [-0.15, -0.1) is 10.2 Å². The summed E-state index contributed by atoms with van der Waals surface area (Å²) < 4.78 is 3.44. The molecule has 2 aliphatic rings. The molecule has 9 heteroatoms. The molecule has 2 fully saturated rings. The van der Waals surface area contributed by atoms with E-state index in [-0.39, 0.29) is 17.6 Å². The first-order valence-electron chi connectivity index (χ1n) is 10.8. The van der Waals surface area contributed by atoms with Crippen LogP contribution in [0.2, 0.25) is 0 Å². The fourth-order valence-electron chi connectivity index (χ4n) is 4.70. The summed E-state index contributed by atoms with van der Waals surface area (Å²) in [4.78, 5) is 14.7. The van der Waals surface area contributed by atoms with Gasteiger partial charge in [-0.25, -0.2) is 4.68 Å². The Kier molecular flexibility index (Phi) is 5.12. The Morgan fingerprint density at radius 1 is 1.07 bits per heavy atom. The second kappa shape index (κ2) is 8.06. The molecular formula is C21H27N7O2. The van der Waals surface area contributed by atoms with E-state index in [1.165, 1.54) is 4.68 Å². The van der Waals surface area contributed by atoms with E-state index >= 15 is 0 Å². The molecular weight excluding hydrogens is 382 g/mol. The molecule has 0 spiro atoms. The van der Waals surface area contributed by atoms with Crippen LogP contribution < -0.4 is 15.8 Å². The van der Waals surface area contributed by atoms with Crippen molar-refractivity contribution in [3.8, 4) is 0 Å². The van der Waals surface area contributed by atoms with E-state index in [0.717, 1.165) is 62.5 Å². The van der Waals surface area contributed by atoms with Gasteiger partial charge in [0.1, 0.15) is 5.82 Å². The van der Waals surface area contributed by atoms with Crippen LogP contribution in [-0.2, 0) is 0 Å². The summed E-state index contributed by atoms with van der Waals surface area (Å²) in [6.07, 6.45) is 7.19. The van der Waals surface area contributed by atoms with Crippen LogP contribution in [-0.4, -0.2) is 54.7 Å². The van der Waals surface area contributed by atoms with E-state index in [9.17, 15) is 9.90 Å². The van der Waals surface area contributed by atoms with Gasteiger partial charge >= 0.3 is 0 Å². The lowest BCUT2D eigenvalue weighted by molar-refractivity contribution is 0.127. The van der Waals surface area contributed by atoms with Crippen LogP contribution in [0.4, 0.5) is 11.8 Å². The van der Waals surface area contributed by atoms with Gasteiger partial charge < -0.3 is 15.3 Å². The number of nitrogens with zero attached hydrogens (tertiary/aromatic N) is 6. The highest BCUT2D eigenvalue weighted by Crippen LogP contribution is 2.29. The van der Waals surface area contributed by atoms with Crippen molar-refractivity contribution >= 4 is 17.4 Å². The molecule has 0 bridgehead atoms. The van der Waals surface area contributed by atoms with Crippen LogP contribution in [0.5, 0.6) is 0 Å². The number of pyridine rings is 1. The van der Waals surface area contributed by atoms with Gasteiger partial charge in [-0.3, -0.25) is 9.20 Å². The molecule has 30 heavy (non-hydrogen) atoms. The minimum atomic E-state index is -0.495. The first-order chi connectivity index (χ1) is 14.7. The Morgan fingerprint density at radius 2 is 2.00 bits per heavy atom. The van der Waals surface area contributed by atoms with Crippen molar-refractivity contribution in [1.29, 1.82) is 0 Å². The van der Waals surface area contributed by atoms with E-state index < -0.39 is 6.10 Å². The third kappa shape index (κ3) is 3.54. The fourth-order valence-corrected chi connectivity index (χ4v) is 4.70. The minimum Gasteiger partial charge on any atom is -0.391 e. The normalized spacial score (nSPS) is 24.4. The Balaban J connectivity index is 1.37. The second-order valence-corrected chi connectivity index (χ2v) is 8.22. The maximum atomic E-state index is 12.4. The summed E-state index contributed by atoms with van der Waals surface area (Å²) in [5.41, 5.74) is 0.663. The summed E-state index contributed by atoms with van der Waals surface area (Å²) in [5.74, 6) is 1.52. The lowest BCUT2D eigenvalue weighted by atomic mass is 10.0. The number of hydrogen-bond donors (Lipinski definition) is 2. The van der Waals surface area contributed by atoms with Gasteiger partial charge in [-0.2, -0.15) is 5.10 Å². The van der Waals surface area contributed by atoms with Crippen LogP contribution in [0.15, 0.2) is 41.3 Å².